The minimum absolute atomic E-state index is 0.462. The summed E-state index contributed by atoms with van der Waals surface area (Å²) in [5.41, 5.74) is 0. The molecule has 0 amide bonds. The quantitative estimate of drug-likeness (QED) is 0.625. The van der Waals surface area contributed by atoms with E-state index in [0.29, 0.717) is 6.04 Å². The largest absolute Gasteiger partial charge is 0.315 e. The molecule has 13 heavy (non-hydrogen) atoms. The second-order valence-electron chi connectivity index (χ2n) is 4.17. The molecule has 2 fully saturated rings. The van der Waals surface area contributed by atoms with Crippen LogP contribution in [0.1, 0.15) is 32.1 Å². The van der Waals surface area contributed by atoms with E-state index in [1.54, 1.807) is 0 Å². The van der Waals surface area contributed by atoms with Crippen molar-refractivity contribution in [2.75, 3.05) is 19.6 Å². The van der Waals surface area contributed by atoms with Crippen LogP contribution in [0.15, 0.2) is 0 Å². The molecule has 76 valence electrons. The molecule has 2 aliphatic rings. The number of nitrogens with zero attached hydrogens (tertiary/aromatic N) is 1. The van der Waals surface area contributed by atoms with Crippen LogP contribution in [-0.4, -0.2) is 36.9 Å². The number of likely N-dealkylation sites (tertiary alicyclic amines) is 1. The van der Waals surface area contributed by atoms with Crippen molar-refractivity contribution in [1.82, 2.24) is 10.2 Å². The van der Waals surface area contributed by atoms with Crippen LogP contribution >= 0.6 is 0 Å². The van der Waals surface area contributed by atoms with E-state index in [0.717, 1.165) is 32.5 Å². The highest BCUT2D eigenvalue weighted by Crippen LogP contribution is 2.23. The zero-order valence-corrected chi connectivity index (χ0v) is 8.14. The molecule has 0 aromatic carbocycles. The van der Waals surface area contributed by atoms with Gasteiger partial charge in [0.1, 0.15) is 0 Å². The number of alkyl halides is 1. The van der Waals surface area contributed by atoms with Crippen molar-refractivity contribution in [2.45, 2.75) is 44.4 Å². The summed E-state index contributed by atoms with van der Waals surface area (Å²) < 4.78 is 13.5. The Balaban J connectivity index is 1.88. The molecule has 2 heterocycles. The number of piperidine rings is 2. The lowest BCUT2D eigenvalue weighted by molar-refractivity contribution is 0.00256. The Bertz CT molecular complexity index is 157. The van der Waals surface area contributed by atoms with Gasteiger partial charge in [-0.2, -0.15) is 0 Å². The third-order valence-corrected chi connectivity index (χ3v) is 3.21. The Kier molecular flexibility index (Phi) is 3.17. The Morgan fingerprint density at radius 1 is 1.15 bits per heavy atom. The first kappa shape index (κ1) is 9.41. The van der Waals surface area contributed by atoms with Gasteiger partial charge in [0.15, 0.2) is 6.30 Å². The molecule has 2 aliphatic heterocycles. The summed E-state index contributed by atoms with van der Waals surface area (Å²) >= 11 is 0. The van der Waals surface area contributed by atoms with Gasteiger partial charge in [0.2, 0.25) is 0 Å². The van der Waals surface area contributed by atoms with E-state index < -0.39 is 6.30 Å². The topological polar surface area (TPSA) is 15.3 Å². The summed E-state index contributed by atoms with van der Waals surface area (Å²) in [5, 5.41) is 3.34. The van der Waals surface area contributed by atoms with Crippen LogP contribution in [0.2, 0.25) is 0 Å². The second-order valence-corrected chi connectivity index (χ2v) is 4.17. The van der Waals surface area contributed by atoms with Gasteiger partial charge in [-0.25, -0.2) is 4.39 Å². The maximum absolute atomic E-state index is 13.5. The number of hydrogen-bond acceptors (Lipinski definition) is 2. The zero-order chi connectivity index (χ0) is 9.10. The number of nitrogens with one attached hydrogen (secondary N) is 1. The highest BCUT2D eigenvalue weighted by atomic mass is 19.1. The van der Waals surface area contributed by atoms with Crippen LogP contribution in [0.3, 0.4) is 0 Å². The summed E-state index contributed by atoms with van der Waals surface area (Å²) in [7, 11) is 0. The van der Waals surface area contributed by atoms with Gasteiger partial charge in [-0.15, -0.1) is 0 Å². The normalized spacial score (nSPS) is 37.6. The van der Waals surface area contributed by atoms with Gasteiger partial charge in [-0.3, -0.25) is 4.90 Å². The third-order valence-electron chi connectivity index (χ3n) is 3.21. The summed E-state index contributed by atoms with van der Waals surface area (Å²) in [6.45, 7) is 3.06. The molecule has 3 heteroatoms. The minimum atomic E-state index is -0.668. The maximum atomic E-state index is 13.5. The van der Waals surface area contributed by atoms with Crippen LogP contribution in [0.25, 0.3) is 0 Å². The van der Waals surface area contributed by atoms with Crippen molar-refractivity contribution < 1.29 is 4.39 Å². The SMILES string of the molecule is FC1CCCCN1C1CCCNC1. The molecule has 0 bridgehead atoms. The fraction of sp³-hybridized carbons (Fsp3) is 1.00. The van der Waals surface area contributed by atoms with E-state index in [-0.39, 0.29) is 0 Å². The smallest absolute Gasteiger partial charge is 0.153 e. The number of hydrogen-bond donors (Lipinski definition) is 1. The van der Waals surface area contributed by atoms with Gasteiger partial charge in [0.25, 0.3) is 0 Å². The third kappa shape index (κ3) is 2.20. The predicted octanol–water partition coefficient (Wildman–Crippen LogP) is 1.52. The van der Waals surface area contributed by atoms with Crippen molar-refractivity contribution in [3.8, 4) is 0 Å². The van der Waals surface area contributed by atoms with Crippen molar-refractivity contribution in [1.29, 1.82) is 0 Å². The van der Waals surface area contributed by atoms with E-state index in [1.165, 1.54) is 19.3 Å². The van der Waals surface area contributed by atoms with E-state index >= 15 is 0 Å². The van der Waals surface area contributed by atoms with Gasteiger partial charge < -0.3 is 5.32 Å². The van der Waals surface area contributed by atoms with Crippen LogP contribution < -0.4 is 5.32 Å². The average Bonchev–Trinajstić information content (AvgIpc) is 2.20. The molecule has 2 saturated heterocycles. The lowest BCUT2D eigenvalue weighted by atomic mass is 10.0. The molecule has 0 aromatic heterocycles. The lowest BCUT2D eigenvalue weighted by Gasteiger charge is -2.39. The van der Waals surface area contributed by atoms with Crippen molar-refractivity contribution in [3.05, 3.63) is 0 Å². The van der Waals surface area contributed by atoms with E-state index in [9.17, 15) is 4.39 Å². The average molecular weight is 186 g/mol. The van der Waals surface area contributed by atoms with E-state index in [1.807, 2.05) is 0 Å². The summed E-state index contributed by atoms with van der Waals surface area (Å²) in [5.74, 6) is 0. The Hall–Kier alpha value is -0.150. The molecule has 0 saturated carbocycles. The van der Waals surface area contributed by atoms with Crippen LogP contribution in [0.5, 0.6) is 0 Å². The minimum Gasteiger partial charge on any atom is -0.315 e. The molecular formula is C10H19FN2. The molecule has 0 aromatic rings. The van der Waals surface area contributed by atoms with Crippen LogP contribution in [0.4, 0.5) is 4.39 Å². The van der Waals surface area contributed by atoms with Gasteiger partial charge in [0.05, 0.1) is 0 Å². The van der Waals surface area contributed by atoms with Gasteiger partial charge in [-0.1, -0.05) is 0 Å². The lowest BCUT2D eigenvalue weighted by Crippen LogP contribution is -2.50. The fourth-order valence-corrected chi connectivity index (χ4v) is 2.44. The zero-order valence-electron chi connectivity index (χ0n) is 8.14. The van der Waals surface area contributed by atoms with Gasteiger partial charge >= 0.3 is 0 Å². The van der Waals surface area contributed by atoms with E-state index in [2.05, 4.69) is 10.2 Å². The number of rotatable bonds is 1. The summed E-state index contributed by atoms with van der Waals surface area (Å²) in [6, 6.07) is 0.462. The molecule has 2 rings (SSSR count). The van der Waals surface area contributed by atoms with Crippen molar-refractivity contribution in [2.24, 2.45) is 0 Å². The second kappa shape index (κ2) is 4.38. The first-order valence-corrected chi connectivity index (χ1v) is 5.48. The fourth-order valence-electron chi connectivity index (χ4n) is 2.44. The van der Waals surface area contributed by atoms with Crippen molar-refractivity contribution in [3.63, 3.8) is 0 Å². The molecule has 0 radical (unpaired) electrons. The summed E-state index contributed by atoms with van der Waals surface area (Å²) in [4.78, 5) is 2.07. The standard InChI is InChI=1S/C10H19FN2/c11-10-5-1-2-7-13(10)9-4-3-6-12-8-9/h9-10,12H,1-8H2. The Morgan fingerprint density at radius 3 is 2.77 bits per heavy atom. The van der Waals surface area contributed by atoms with Crippen LogP contribution in [-0.2, 0) is 0 Å². The molecule has 1 N–H and O–H groups in total. The highest BCUT2D eigenvalue weighted by molar-refractivity contribution is 4.82. The summed E-state index contributed by atoms with van der Waals surface area (Å²) in [6.07, 6.45) is 4.70. The molecular weight excluding hydrogens is 167 g/mol. The molecule has 2 nitrogen and oxygen atoms in total. The van der Waals surface area contributed by atoms with Crippen LogP contribution in [0, 0.1) is 0 Å². The first-order chi connectivity index (χ1) is 6.38. The number of halogens is 1. The maximum Gasteiger partial charge on any atom is 0.153 e. The molecule has 0 aliphatic carbocycles. The molecule has 2 unspecified atom stereocenters. The highest BCUT2D eigenvalue weighted by Gasteiger charge is 2.29. The van der Waals surface area contributed by atoms with Gasteiger partial charge in [-0.05, 0) is 38.6 Å². The van der Waals surface area contributed by atoms with Gasteiger partial charge in [0, 0.05) is 19.1 Å². The molecule has 2 atom stereocenters. The van der Waals surface area contributed by atoms with E-state index in [4.69, 9.17) is 0 Å². The Morgan fingerprint density at radius 2 is 2.08 bits per heavy atom. The molecule has 0 spiro atoms. The predicted molar refractivity (Wildman–Crippen MR) is 51.3 cm³/mol. The first-order valence-electron chi connectivity index (χ1n) is 5.48. The monoisotopic (exact) mass is 186 g/mol. The Labute approximate surface area is 79.5 Å². The van der Waals surface area contributed by atoms with Crippen molar-refractivity contribution >= 4 is 0 Å².